The second-order valence-corrected chi connectivity index (χ2v) is 2.36. The van der Waals surface area contributed by atoms with Crippen molar-refractivity contribution in [1.82, 2.24) is 0 Å². The van der Waals surface area contributed by atoms with E-state index in [1.54, 1.807) is 0 Å². The number of nitrogens with zero attached hydrogens (tertiary/aromatic N) is 1. The topological polar surface area (TPSA) is 38.4 Å². The van der Waals surface area contributed by atoms with Crippen molar-refractivity contribution in [2.75, 3.05) is 0 Å². The summed E-state index contributed by atoms with van der Waals surface area (Å²) in [5.74, 6) is 0.837. The van der Waals surface area contributed by atoms with E-state index in [-0.39, 0.29) is 0 Å². The molecule has 0 spiro atoms. The van der Waals surface area contributed by atoms with Gasteiger partial charge in [-0.15, -0.1) is 0 Å². The Morgan fingerprint density at radius 1 is 1.75 bits per heavy atom. The first-order chi connectivity index (χ1) is 3.79. The summed E-state index contributed by atoms with van der Waals surface area (Å²) in [4.78, 5) is 4.18. The average Bonchev–Trinajstić information content (AvgIpc) is 1.64. The van der Waals surface area contributed by atoms with Crippen LogP contribution in [0.15, 0.2) is 4.99 Å². The number of rotatable bonds is 0. The largest absolute Gasteiger partial charge is 0.387 e. The van der Waals surface area contributed by atoms with Crippen LogP contribution in [0, 0.1) is 0 Å². The molecule has 2 nitrogen and oxygen atoms in total. The van der Waals surface area contributed by atoms with Crippen molar-refractivity contribution in [2.24, 2.45) is 10.7 Å². The average molecular weight is 112 g/mol. The molecule has 0 aromatic rings. The lowest BCUT2D eigenvalue weighted by Crippen LogP contribution is -2.19. The summed E-state index contributed by atoms with van der Waals surface area (Å²) in [6, 6.07) is 0.476. The molecule has 1 heterocycles. The van der Waals surface area contributed by atoms with Gasteiger partial charge in [0.1, 0.15) is 0 Å². The maximum atomic E-state index is 5.48. The van der Waals surface area contributed by atoms with Gasteiger partial charge in [-0.2, -0.15) is 0 Å². The van der Waals surface area contributed by atoms with Crippen LogP contribution in [0.3, 0.4) is 0 Å². The van der Waals surface area contributed by atoms with Gasteiger partial charge in [0, 0.05) is 12.5 Å². The zero-order chi connectivity index (χ0) is 5.98. The van der Waals surface area contributed by atoms with Gasteiger partial charge in [-0.05, 0) is 19.8 Å². The number of aliphatic imine (C=N–C) groups is 1. The Labute approximate surface area is 49.8 Å². The van der Waals surface area contributed by atoms with E-state index in [0.717, 1.165) is 12.3 Å². The van der Waals surface area contributed by atoms with E-state index < -0.39 is 0 Å². The molecule has 1 aliphatic rings. The summed E-state index contributed by atoms with van der Waals surface area (Å²) in [6.45, 7) is 2.10. The molecule has 0 fully saturated rings. The molecular formula is C6H12N2. The van der Waals surface area contributed by atoms with Crippen molar-refractivity contribution in [3.63, 3.8) is 0 Å². The normalized spacial score (nSPS) is 29.6. The smallest absolute Gasteiger partial charge is 0.0940 e. The quantitative estimate of drug-likeness (QED) is 0.497. The monoisotopic (exact) mass is 112 g/mol. The highest BCUT2D eigenvalue weighted by molar-refractivity contribution is 5.80. The van der Waals surface area contributed by atoms with Crippen LogP contribution in [0.25, 0.3) is 0 Å². The van der Waals surface area contributed by atoms with E-state index in [2.05, 4.69) is 11.9 Å². The maximum Gasteiger partial charge on any atom is 0.0940 e. The summed E-state index contributed by atoms with van der Waals surface area (Å²) in [6.07, 6.45) is 3.43. The summed E-state index contributed by atoms with van der Waals surface area (Å²) < 4.78 is 0. The minimum atomic E-state index is 0.476. The zero-order valence-corrected chi connectivity index (χ0v) is 5.22. The van der Waals surface area contributed by atoms with Gasteiger partial charge >= 0.3 is 0 Å². The number of hydrogen-bond donors (Lipinski definition) is 1. The molecule has 1 rings (SSSR count). The van der Waals surface area contributed by atoms with Gasteiger partial charge in [-0.1, -0.05) is 0 Å². The second kappa shape index (κ2) is 2.16. The van der Waals surface area contributed by atoms with Gasteiger partial charge in [0.2, 0.25) is 0 Å². The highest BCUT2D eigenvalue weighted by Gasteiger charge is 2.06. The highest BCUT2D eigenvalue weighted by Crippen LogP contribution is 2.09. The minimum Gasteiger partial charge on any atom is -0.387 e. The van der Waals surface area contributed by atoms with Crippen molar-refractivity contribution in [2.45, 2.75) is 32.2 Å². The third-order valence-corrected chi connectivity index (χ3v) is 1.44. The first-order valence-corrected chi connectivity index (χ1v) is 3.11. The predicted octanol–water partition coefficient (Wildman–Crippen LogP) is 0.916. The molecule has 0 amide bonds. The van der Waals surface area contributed by atoms with Gasteiger partial charge in [0.25, 0.3) is 0 Å². The van der Waals surface area contributed by atoms with E-state index in [9.17, 15) is 0 Å². The van der Waals surface area contributed by atoms with E-state index in [1.165, 1.54) is 12.8 Å². The molecule has 2 heteroatoms. The standard InChI is InChI=1S/C6H12N2/c1-5-3-2-4-6(7)8-5/h5H,2-4H2,1H3,(H2,7,8). The molecule has 8 heavy (non-hydrogen) atoms. The van der Waals surface area contributed by atoms with Crippen molar-refractivity contribution in [3.8, 4) is 0 Å². The molecule has 1 unspecified atom stereocenters. The molecule has 1 atom stereocenters. The Morgan fingerprint density at radius 2 is 2.50 bits per heavy atom. The predicted molar refractivity (Wildman–Crippen MR) is 34.9 cm³/mol. The molecular weight excluding hydrogens is 100 g/mol. The van der Waals surface area contributed by atoms with Crippen molar-refractivity contribution in [3.05, 3.63) is 0 Å². The van der Waals surface area contributed by atoms with E-state index >= 15 is 0 Å². The molecule has 0 bridgehead atoms. The van der Waals surface area contributed by atoms with Crippen LogP contribution < -0.4 is 5.73 Å². The highest BCUT2D eigenvalue weighted by atomic mass is 14.9. The van der Waals surface area contributed by atoms with Crippen molar-refractivity contribution < 1.29 is 0 Å². The van der Waals surface area contributed by atoms with E-state index in [1.807, 2.05) is 0 Å². The fraction of sp³-hybridized carbons (Fsp3) is 0.833. The SMILES string of the molecule is CC1CCCC(N)=N1. The molecule has 46 valence electrons. The van der Waals surface area contributed by atoms with Crippen LogP contribution in [-0.2, 0) is 0 Å². The van der Waals surface area contributed by atoms with Gasteiger partial charge in [0.05, 0.1) is 5.84 Å². The van der Waals surface area contributed by atoms with Crippen LogP contribution in [0.4, 0.5) is 0 Å². The Bertz CT molecular complexity index is 107. The fourth-order valence-electron chi connectivity index (χ4n) is 0.991. The minimum absolute atomic E-state index is 0.476. The van der Waals surface area contributed by atoms with Crippen LogP contribution in [-0.4, -0.2) is 11.9 Å². The molecule has 1 aliphatic heterocycles. The molecule has 0 saturated heterocycles. The van der Waals surface area contributed by atoms with Gasteiger partial charge in [-0.25, -0.2) is 0 Å². The number of nitrogens with two attached hydrogens (primary N) is 1. The van der Waals surface area contributed by atoms with Crippen LogP contribution in [0.2, 0.25) is 0 Å². The van der Waals surface area contributed by atoms with Crippen molar-refractivity contribution >= 4 is 5.84 Å². The summed E-state index contributed by atoms with van der Waals surface area (Å²) in [5.41, 5.74) is 5.48. The fourth-order valence-corrected chi connectivity index (χ4v) is 0.991. The molecule has 0 aliphatic carbocycles. The molecule has 0 radical (unpaired) electrons. The summed E-state index contributed by atoms with van der Waals surface area (Å²) in [7, 11) is 0. The van der Waals surface area contributed by atoms with Gasteiger partial charge in [-0.3, -0.25) is 4.99 Å². The lowest BCUT2D eigenvalue weighted by Gasteiger charge is -2.12. The summed E-state index contributed by atoms with van der Waals surface area (Å²) in [5, 5.41) is 0. The van der Waals surface area contributed by atoms with Crippen molar-refractivity contribution in [1.29, 1.82) is 0 Å². The van der Waals surface area contributed by atoms with Crippen LogP contribution >= 0.6 is 0 Å². The Hall–Kier alpha value is -0.530. The second-order valence-electron chi connectivity index (χ2n) is 2.36. The Kier molecular flexibility index (Phi) is 1.51. The molecule has 0 aromatic heterocycles. The zero-order valence-electron chi connectivity index (χ0n) is 5.22. The first-order valence-electron chi connectivity index (χ1n) is 3.11. The lowest BCUT2D eigenvalue weighted by molar-refractivity contribution is 0.607. The number of amidine groups is 1. The van der Waals surface area contributed by atoms with Crippen LogP contribution in [0.1, 0.15) is 26.2 Å². The lowest BCUT2D eigenvalue weighted by atomic mass is 10.1. The number of hydrogen-bond acceptors (Lipinski definition) is 2. The van der Waals surface area contributed by atoms with Gasteiger partial charge in [0.15, 0.2) is 0 Å². The maximum absolute atomic E-state index is 5.48. The molecule has 2 N–H and O–H groups in total. The van der Waals surface area contributed by atoms with E-state index in [4.69, 9.17) is 5.73 Å². The first kappa shape index (κ1) is 5.60. The molecule has 0 aromatic carbocycles. The van der Waals surface area contributed by atoms with Gasteiger partial charge < -0.3 is 5.73 Å². The van der Waals surface area contributed by atoms with Crippen LogP contribution in [0.5, 0.6) is 0 Å². The summed E-state index contributed by atoms with van der Waals surface area (Å²) >= 11 is 0. The Balaban J connectivity index is 2.50. The Morgan fingerprint density at radius 3 is 2.88 bits per heavy atom. The third kappa shape index (κ3) is 1.22. The molecule has 0 saturated carbocycles. The third-order valence-electron chi connectivity index (χ3n) is 1.44. The van der Waals surface area contributed by atoms with E-state index in [0.29, 0.717) is 6.04 Å².